The standard InChI is InChI=1S/C17H23N3O3/c1-23-11-15(21)19-9-6-17(12-19)5-3-8-20(13-17)16(22)14-4-2-7-18-10-14/h2,4,7,10H,3,5-6,8-9,11-13H2,1H3/t17-/m0/s1. The van der Waals surface area contributed by atoms with E-state index in [4.69, 9.17) is 4.74 Å². The Bertz CT molecular complexity index is 578. The number of methoxy groups -OCH3 is 1. The summed E-state index contributed by atoms with van der Waals surface area (Å²) in [5.41, 5.74) is 0.675. The van der Waals surface area contributed by atoms with E-state index in [2.05, 4.69) is 4.98 Å². The normalized spacial score (nSPS) is 24.2. The van der Waals surface area contributed by atoms with E-state index < -0.39 is 0 Å². The number of carbonyl (C=O) groups excluding carboxylic acids is 2. The molecule has 23 heavy (non-hydrogen) atoms. The predicted molar refractivity (Wildman–Crippen MR) is 84.9 cm³/mol. The molecule has 6 nitrogen and oxygen atoms in total. The van der Waals surface area contributed by atoms with Crippen molar-refractivity contribution >= 4 is 11.8 Å². The highest BCUT2D eigenvalue weighted by atomic mass is 16.5. The molecule has 0 N–H and O–H groups in total. The van der Waals surface area contributed by atoms with Gasteiger partial charge in [-0.3, -0.25) is 14.6 Å². The molecule has 0 aromatic carbocycles. The smallest absolute Gasteiger partial charge is 0.255 e. The first-order chi connectivity index (χ1) is 11.1. The quantitative estimate of drug-likeness (QED) is 0.840. The van der Waals surface area contributed by atoms with Crippen molar-refractivity contribution in [3.8, 4) is 0 Å². The lowest BCUT2D eigenvalue weighted by Gasteiger charge is -2.40. The Kier molecular flexibility index (Phi) is 4.61. The van der Waals surface area contributed by atoms with Crippen molar-refractivity contribution in [2.75, 3.05) is 39.9 Å². The zero-order valence-corrected chi connectivity index (χ0v) is 13.5. The number of ether oxygens (including phenoxy) is 1. The largest absolute Gasteiger partial charge is 0.375 e. The summed E-state index contributed by atoms with van der Waals surface area (Å²) in [6.45, 7) is 3.12. The number of nitrogens with zero attached hydrogens (tertiary/aromatic N) is 3. The maximum Gasteiger partial charge on any atom is 0.255 e. The number of pyridine rings is 1. The van der Waals surface area contributed by atoms with Crippen molar-refractivity contribution in [2.45, 2.75) is 19.3 Å². The number of carbonyl (C=O) groups is 2. The topological polar surface area (TPSA) is 62.7 Å². The van der Waals surface area contributed by atoms with Gasteiger partial charge < -0.3 is 14.5 Å². The number of likely N-dealkylation sites (tertiary alicyclic amines) is 2. The highest BCUT2D eigenvalue weighted by molar-refractivity contribution is 5.94. The fraction of sp³-hybridized carbons (Fsp3) is 0.588. The first kappa shape index (κ1) is 15.9. The molecule has 0 saturated carbocycles. The van der Waals surface area contributed by atoms with Gasteiger partial charge >= 0.3 is 0 Å². The van der Waals surface area contributed by atoms with Crippen LogP contribution in [0.3, 0.4) is 0 Å². The molecule has 0 bridgehead atoms. The van der Waals surface area contributed by atoms with Gasteiger partial charge in [0, 0.05) is 51.1 Å². The molecular formula is C17H23N3O3. The second kappa shape index (κ2) is 6.66. The maximum absolute atomic E-state index is 12.6. The van der Waals surface area contributed by atoms with Crippen LogP contribution in [-0.2, 0) is 9.53 Å². The number of rotatable bonds is 3. The summed E-state index contributed by atoms with van der Waals surface area (Å²) in [6.07, 6.45) is 6.30. The van der Waals surface area contributed by atoms with Crippen molar-refractivity contribution in [1.29, 1.82) is 0 Å². The fourth-order valence-corrected chi connectivity index (χ4v) is 3.75. The highest BCUT2D eigenvalue weighted by Crippen LogP contribution is 2.39. The van der Waals surface area contributed by atoms with Gasteiger partial charge in [0.25, 0.3) is 5.91 Å². The molecule has 2 saturated heterocycles. The van der Waals surface area contributed by atoms with E-state index in [9.17, 15) is 9.59 Å². The molecule has 1 aromatic rings. The van der Waals surface area contributed by atoms with Gasteiger partial charge in [0.05, 0.1) is 5.56 Å². The summed E-state index contributed by atoms with van der Waals surface area (Å²) < 4.78 is 4.95. The van der Waals surface area contributed by atoms with Crippen LogP contribution in [0.5, 0.6) is 0 Å². The predicted octanol–water partition coefficient (Wildman–Crippen LogP) is 1.18. The van der Waals surface area contributed by atoms with Gasteiger partial charge in [-0.25, -0.2) is 0 Å². The van der Waals surface area contributed by atoms with Gasteiger partial charge in [0.2, 0.25) is 5.91 Å². The van der Waals surface area contributed by atoms with E-state index in [-0.39, 0.29) is 23.8 Å². The third-order valence-corrected chi connectivity index (χ3v) is 4.92. The van der Waals surface area contributed by atoms with Gasteiger partial charge in [-0.1, -0.05) is 0 Å². The third-order valence-electron chi connectivity index (χ3n) is 4.92. The second-order valence-electron chi connectivity index (χ2n) is 6.57. The third kappa shape index (κ3) is 3.37. The molecule has 2 aliphatic heterocycles. The summed E-state index contributed by atoms with van der Waals surface area (Å²) in [6, 6.07) is 3.59. The van der Waals surface area contributed by atoms with E-state index in [1.165, 1.54) is 0 Å². The molecule has 6 heteroatoms. The minimum Gasteiger partial charge on any atom is -0.375 e. The monoisotopic (exact) mass is 317 g/mol. The number of amides is 2. The molecule has 1 atom stereocenters. The summed E-state index contributed by atoms with van der Waals surface area (Å²) in [7, 11) is 1.54. The maximum atomic E-state index is 12.6. The van der Waals surface area contributed by atoms with Crippen LogP contribution in [0.2, 0.25) is 0 Å². The molecular weight excluding hydrogens is 294 g/mol. The van der Waals surface area contributed by atoms with Gasteiger partial charge in [-0.2, -0.15) is 0 Å². The van der Waals surface area contributed by atoms with E-state index in [1.54, 1.807) is 31.6 Å². The Hall–Kier alpha value is -1.95. The molecule has 2 aliphatic rings. The zero-order chi connectivity index (χ0) is 16.3. The number of hydrogen-bond donors (Lipinski definition) is 0. The van der Waals surface area contributed by atoms with E-state index in [1.807, 2.05) is 9.80 Å². The van der Waals surface area contributed by atoms with Crippen molar-refractivity contribution in [3.63, 3.8) is 0 Å². The molecule has 3 heterocycles. The zero-order valence-electron chi connectivity index (χ0n) is 13.5. The first-order valence-corrected chi connectivity index (χ1v) is 8.10. The van der Waals surface area contributed by atoms with Crippen LogP contribution in [0.1, 0.15) is 29.6 Å². The van der Waals surface area contributed by atoms with E-state index >= 15 is 0 Å². The van der Waals surface area contributed by atoms with Crippen LogP contribution < -0.4 is 0 Å². The average Bonchev–Trinajstić information content (AvgIpc) is 2.99. The van der Waals surface area contributed by atoms with Crippen LogP contribution in [-0.4, -0.2) is 66.5 Å². The lowest BCUT2D eigenvalue weighted by Crippen LogP contribution is -2.48. The Morgan fingerprint density at radius 2 is 2.09 bits per heavy atom. The molecule has 124 valence electrons. The molecule has 2 amide bonds. The molecule has 0 radical (unpaired) electrons. The average molecular weight is 317 g/mol. The van der Waals surface area contributed by atoms with Crippen molar-refractivity contribution in [1.82, 2.24) is 14.8 Å². The van der Waals surface area contributed by atoms with Crippen LogP contribution >= 0.6 is 0 Å². The van der Waals surface area contributed by atoms with Crippen LogP contribution in [0, 0.1) is 5.41 Å². The molecule has 0 unspecified atom stereocenters. The second-order valence-corrected chi connectivity index (χ2v) is 6.57. The van der Waals surface area contributed by atoms with Gasteiger partial charge in [0.1, 0.15) is 6.61 Å². The number of hydrogen-bond acceptors (Lipinski definition) is 4. The molecule has 0 aliphatic carbocycles. The summed E-state index contributed by atoms with van der Waals surface area (Å²) in [4.78, 5) is 32.5. The summed E-state index contributed by atoms with van der Waals surface area (Å²) in [5, 5.41) is 0. The van der Waals surface area contributed by atoms with Crippen molar-refractivity contribution in [3.05, 3.63) is 30.1 Å². The van der Waals surface area contributed by atoms with Crippen LogP contribution in [0.15, 0.2) is 24.5 Å². The molecule has 1 aromatic heterocycles. The number of piperidine rings is 1. The van der Waals surface area contributed by atoms with Gasteiger partial charge in [-0.05, 0) is 31.4 Å². The Morgan fingerprint density at radius 1 is 1.26 bits per heavy atom. The summed E-state index contributed by atoms with van der Waals surface area (Å²) in [5.74, 6) is 0.0823. The molecule has 2 fully saturated rings. The lowest BCUT2D eigenvalue weighted by molar-refractivity contribution is -0.134. The molecule has 1 spiro atoms. The van der Waals surface area contributed by atoms with Crippen molar-refractivity contribution < 1.29 is 14.3 Å². The van der Waals surface area contributed by atoms with E-state index in [0.29, 0.717) is 5.56 Å². The minimum atomic E-state index is 0.0406. The van der Waals surface area contributed by atoms with E-state index in [0.717, 1.165) is 45.4 Å². The Labute approximate surface area is 136 Å². The van der Waals surface area contributed by atoms with Crippen molar-refractivity contribution in [2.24, 2.45) is 5.41 Å². The van der Waals surface area contributed by atoms with Crippen LogP contribution in [0.4, 0.5) is 0 Å². The first-order valence-electron chi connectivity index (χ1n) is 8.10. The molecule has 3 rings (SSSR count). The van der Waals surface area contributed by atoms with Crippen LogP contribution in [0.25, 0.3) is 0 Å². The lowest BCUT2D eigenvalue weighted by atomic mass is 9.79. The Morgan fingerprint density at radius 3 is 2.83 bits per heavy atom. The SMILES string of the molecule is COCC(=O)N1CC[C@@]2(CCCN(C(=O)c3cccnc3)C2)C1. The minimum absolute atomic E-state index is 0.0406. The fourth-order valence-electron chi connectivity index (χ4n) is 3.75. The van der Waals surface area contributed by atoms with Gasteiger partial charge in [0.15, 0.2) is 0 Å². The number of aromatic nitrogens is 1. The van der Waals surface area contributed by atoms with Gasteiger partial charge in [-0.15, -0.1) is 0 Å². The summed E-state index contributed by atoms with van der Waals surface area (Å²) >= 11 is 0. The Balaban J connectivity index is 1.67. The highest BCUT2D eigenvalue weighted by Gasteiger charge is 2.43.